The molecule has 35 heavy (non-hydrogen) atoms. The van der Waals surface area contributed by atoms with Crippen LogP contribution in [-0.2, 0) is 14.4 Å². The summed E-state index contributed by atoms with van der Waals surface area (Å²) >= 11 is 4.23. The third kappa shape index (κ3) is 19.9. The smallest absolute Gasteiger partial charge is 0.549 e. The van der Waals surface area contributed by atoms with E-state index in [1.165, 1.54) is 25.7 Å². The number of carboxylic acids is 3. The second-order valence-electron chi connectivity index (χ2n) is 8.98. The van der Waals surface area contributed by atoms with Gasteiger partial charge in [-0.1, -0.05) is 32.1 Å². The van der Waals surface area contributed by atoms with Crippen molar-refractivity contribution in [2.45, 2.75) is 44.9 Å². The second-order valence-corrected chi connectivity index (χ2v) is 9.43. The molecule has 0 radical (unpaired) electrons. The van der Waals surface area contributed by atoms with E-state index in [4.69, 9.17) is 0 Å². The first kappa shape index (κ1) is 35.2. The number of carbonyl (C=O) groups excluding carboxylic acids is 3. The summed E-state index contributed by atoms with van der Waals surface area (Å²) < 4.78 is 0. The molecule has 0 atom stereocenters. The predicted molar refractivity (Wildman–Crippen MR) is 127 cm³/mol. The Bertz CT molecular complexity index is 572. The van der Waals surface area contributed by atoms with Gasteiger partial charge in [-0.05, 0) is 25.1 Å². The number of rotatable bonds is 15. The number of nitrogens with zero attached hydrogens (tertiary/aromatic N) is 4. The fraction of sp³-hybridized carbons (Fsp3) is 0.870. The summed E-state index contributed by atoms with van der Waals surface area (Å²) in [5.74, 6) is -2.61. The van der Waals surface area contributed by atoms with Crippen LogP contribution >= 0.6 is 12.6 Å². The van der Waals surface area contributed by atoms with Crippen molar-refractivity contribution < 1.29 is 79.1 Å². The average Bonchev–Trinajstić information content (AvgIpc) is 2.75. The molecule has 1 saturated heterocycles. The van der Waals surface area contributed by atoms with Crippen molar-refractivity contribution in [3.8, 4) is 0 Å². The molecular weight excluding hydrogens is 612 g/mol. The fourth-order valence-electron chi connectivity index (χ4n) is 4.16. The predicted octanol–water partition coefficient (Wildman–Crippen LogP) is -2.88. The zero-order chi connectivity index (χ0) is 25.2. The second kappa shape index (κ2) is 22.2. The first-order valence-electron chi connectivity index (χ1n) is 12.4. The molecule has 0 N–H and O–H groups in total. The van der Waals surface area contributed by atoms with Gasteiger partial charge in [-0.3, -0.25) is 14.7 Å². The summed E-state index contributed by atoms with van der Waals surface area (Å²) in [6, 6.07) is 0. The van der Waals surface area contributed by atoms with Crippen LogP contribution in [0, 0.1) is 49.4 Å². The van der Waals surface area contributed by atoms with E-state index in [0.29, 0.717) is 52.4 Å². The van der Waals surface area contributed by atoms with Gasteiger partial charge < -0.3 is 34.6 Å². The molecule has 0 aromatic carbocycles. The molecule has 0 saturated carbocycles. The van der Waals surface area contributed by atoms with E-state index in [1.54, 1.807) is 14.7 Å². The van der Waals surface area contributed by atoms with Gasteiger partial charge in [0.15, 0.2) is 0 Å². The van der Waals surface area contributed by atoms with Crippen molar-refractivity contribution >= 4 is 30.5 Å². The van der Waals surface area contributed by atoms with Crippen LogP contribution in [0.4, 0.5) is 0 Å². The topological polar surface area (TPSA) is 133 Å². The molecule has 12 heteroatoms. The SMILES string of the molecule is O=C([O-])CN1CCN(CCCCCCCCCS)CCN(CC(=O)[O-])CCN(CC(=O)[O-])CC1.[Eu+3]. The van der Waals surface area contributed by atoms with Gasteiger partial charge >= 0.3 is 49.4 Å². The summed E-state index contributed by atoms with van der Waals surface area (Å²) in [4.78, 5) is 41.0. The molecule has 0 aromatic heterocycles. The van der Waals surface area contributed by atoms with E-state index in [0.717, 1.165) is 31.6 Å². The van der Waals surface area contributed by atoms with E-state index in [-0.39, 0.29) is 69.0 Å². The largest absolute Gasteiger partial charge is 3.00 e. The molecule has 1 rings (SSSR count). The third-order valence-electron chi connectivity index (χ3n) is 6.12. The maximum Gasteiger partial charge on any atom is 3.00 e. The Morgan fingerprint density at radius 1 is 0.514 bits per heavy atom. The molecule has 0 amide bonds. The Labute approximate surface area is 256 Å². The minimum Gasteiger partial charge on any atom is -0.549 e. The molecule has 0 aliphatic carbocycles. The van der Waals surface area contributed by atoms with Gasteiger partial charge in [0.05, 0.1) is 17.9 Å². The molecule has 10 nitrogen and oxygen atoms in total. The van der Waals surface area contributed by atoms with E-state index in [1.807, 2.05) is 0 Å². The molecule has 1 heterocycles. The Hall–Kier alpha value is 0.184. The van der Waals surface area contributed by atoms with Gasteiger partial charge in [-0.2, -0.15) is 12.6 Å². The van der Waals surface area contributed by atoms with Gasteiger partial charge in [-0.25, -0.2) is 0 Å². The van der Waals surface area contributed by atoms with Crippen molar-refractivity contribution in [2.75, 3.05) is 84.3 Å². The number of carboxylic acid groups (broad SMARTS) is 3. The van der Waals surface area contributed by atoms with Gasteiger partial charge in [0.25, 0.3) is 0 Å². The molecular formula is C23H41EuN4O6S. The number of hydrogen-bond donors (Lipinski definition) is 1. The zero-order valence-electron chi connectivity index (χ0n) is 20.7. The number of aliphatic carboxylic acids is 3. The third-order valence-corrected chi connectivity index (χ3v) is 6.44. The molecule has 202 valence electrons. The number of hydrogen-bond acceptors (Lipinski definition) is 11. The number of unbranched alkanes of at least 4 members (excludes halogenated alkanes) is 6. The van der Waals surface area contributed by atoms with Crippen molar-refractivity contribution in [1.82, 2.24) is 19.6 Å². The minimum atomic E-state index is -1.22. The molecule has 1 aliphatic heterocycles. The maximum atomic E-state index is 11.2. The minimum absolute atomic E-state index is 0. The van der Waals surface area contributed by atoms with E-state index in [2.05, 4.69) is 17.5 Å². The first-order chi connectivity index (χ1) is 16.3. The Balaban J connectivity index is 0.0000116. The Kier molecular flexibility index (Phi) is 22.3. The standard InChI is InChI=1S/C23H44N4O6S.Eu/c28-21(29)18-25-11-9-24(8-6-4-2-1-3-5-7-17-34)10-12-26(19-22(30)31)14-16-27(15-13-25)20-23(32)33;/h34H,1-20H2,(H,28,29)(H,30,31)(H,32,33);/q;+3/p-3. The van der Waals surface area contributed by atoms with Crippen LogP contribution < -0.4 is 15.3 Å². The summed E-state index contributed by atoms with van der Waals surface area (Å²) in [5.41, 5.74) is 0. The summed E-state index contributed by atoms with van der Waals surface area (Å²) in [7, 11) is 0. The molecule has 0 aromatic rings. The number of thiol groups is 1. The van der Waals surface area contributed by atoms with Crippen LogP contribution in [0.1, 0.15) is 44.9 Å². The van der Waals surface area contributed by atoms with Crippen molar-refractivity contribution in [3.63, 3.8) is 0 Å². The number of carbonyl (C=O) groups is 3. The van der Waals surface area contributed by atoms with E-state index >= 15 is 0 Å². The van der Waals surface area contributed by atoms with Crippen molar-refractivity contribution in [3.05, 3.63) is 0 Å². The van der Waals surface area contributed by atoms with Gasteiger partial charge in [0.1, 0.15) is 0 Å². The van der Waals surface area contributed by atoms with Crippen molar-refractivity contribution in [1.29, 1.82) is 0 Å². The molecule has 0 unspecified atom stereocenters. The zero-order valence-corrected chi connectivity index (χ0v) is 24.0. The Morgan fingerprint density at radius 3 is 1.11 bits per heavy atom. The van der Waals surface area contributed by atoms with Crippen LogP contribution in [0.5, 0.6) is 0 Å². The van der Waals surface area contributed by atoms with Crippen LogP contribution in [0.3, 0.4) is 0 Å². The van der Waals surface area contributed by atoms with Crippen LogP contribution in [0.2, 0.25) is 0 Å². The summed E-state index contributed by atoms with van der Waals surface area (Å²) in [5, 5.41) is 33.5. The molecule has 0 bridgehead atoms. The van der Waals surface area contributed by atoms with Gasteiger partial charge in [0, 0.05) is 72.0 Å². The molecule has 1 aliphatic rings. The van der Waals surface area contributed by atoms with Crippen LogP contribution in [-0.4, -0.2) is 122 Å². The monoisotopic (exact) mass is 654 g/mol. The average molecular weight is 654 g/mol. The summed E-state index contributed by atoms with van der Waals surface area (Å²) in [6.45, 7) is 3.90. The van der Waals surface area contributed by atoms with Crippen LogP contribution in [0.25, 0.3) is 0 Å². The first-order valence-corrected chi connectivity index (χ1v) is 13.0. The van der Waals surface area contributed by atoms with Crippen LogP contribution in [0.15, 0.2) is 0 Å². The Morgan fingerprint density at radius 2 is 0.800 bits per heavy atom. The van der Waals surface area contributed by atoms with Gasteiger partial charge in [-0.15, -0.1) is 0 Å². The maximum absolute atomic E-state index is 11.2. The fourth-order valence-corrected chi connectivity index (χ4v) is 4.38. The van der Waals surface area contributed by atoms with Gasteiger partial charge in [0.2, 0.25) is 0 Å². The molecule has 0 spiro atoms. The van der Waals surface area contributed by atoms with Crippen molar-refractivity contribution in [2.24, 2.45) is 0 Å². The molecule has 1 fully saturated rings. The quantitative estimate of drug-likeness (QED) is 0.145. The van der Waals surface area contributed by atoms with E-state index < -0.39 is 17.9 Å². The normalized spacial score (nSPS) is 17.7. The summed E-state index contributed by atoms with van der Waals surface area (Å²) in [6.07, 6.45) is 8.17. The van der Waals surface area contributed by atoms with E-state index in [9.17, 15) is 29.7 Å².